The molecular weight excluding hydrogens is 526 g/mol. The SMILES string of the molecule is Cc1cc(C)c(Nc2ccccc2N2CCN(c3cc(C(C)(C)C)cc(C(C)(C)C)c3O)C2Cc2ccccc2)c(C)c1. The van der Waals surface area contributed by atoms with Crippen molar-refractivity contribution in [1.29, 1.82) is 0 Å². The molecule has 0 aromatic heterocycles. The van der Waals surface area contributed by atoms with Gasteiger partial charge in [0.25, 0.3) is 0 Å². The summed E-state index contributed by atoms with van der Waals surface area (Å²) in [5.74, 6) is 0.401. The summed E-state index contributed by atoms with van der Waals surface area (Å²) >= 11 is 0. The first-order chi connectivity index (χ1) is 20.2. The molecule has 0 aliphatic carbocycles. The van der Waals surface area contributed by atoms with Gasteiger partial charge in [-0.3, -0.25) is 0 Å². The van der Waals surface area contributed by atoms with Crippen molar-refractivity contribution in [2.24, 2.45) is 0 Å². The molecule has 1 fully saturated rings. The summed E-state index contributed by atoms with van der Waals surface area (Å²) in [5.41, 5.74) is 11.4. The standard InChI is InChI=1S/C39H49N3O/c1-26-21-27(2)36(28(3)22-26)40-32-17-13-14-18-33(32)41-19-20-42(35(41)23-29-15-11-10-12-16-29)34-25-30(38(4,5)6)24-31(37(34)43)39(7,8)9/h10-18,21-22,24-25,35,40,43H,19-20,23H2,1-9H3. The van der Waals surface area contributed by atoms with E-state index in [-0.39, 0.29) is 17.0 Å². The average Bonchev–Trinajstić information content (AvgIpc) is 3.33. The normalized spacial score (nSPS) is 15.7. The van der Waals surface area contributed by atoms with Crippen LogP contribution in [0.1, 0.15) is 74.9 Å². The van der Waals surface area contributed by atoms with Gasteiger partial charge < -0.3 is 20.2 Å². The predicted octanol–water partition coefficient (Wildman–Crippen LogP) is 9.55. The van der Waals surface area contributed by atoms with Crippen LogP contribution in [0.5, 0.6) is 5.75 Å². The van der Waals surface area contributed by atoms with Crippen molar-refractivity contribution in [3.05, 3.63) is 112 Å². The summed E-state index contributed by atoms with van der Waals surface area (Å²) in [5, 5.41) is 15.7. The Morgan fingerprint density at radius 1 is 0.721 bits per heavy atom. The number of aryl methyl sites for hydroxylation is 3. The number of phenolic OH excluding ortho intramolecular Hbond substituents is 1. The maximum Gasteiger partial charge on any atom is 0.142 e. The molecule has 2 N–H and O–H groups in total. The summed E-state index contributed by atoms with van der Waals surface area (Å²) in [6, 6.07) is 28.3. The van der Waals surface area contributed by atoms with E-state index in [9.17, 15) is 5.11 Å². The second-order valence-corrected chi connectivity index (χ2v) is 14.4. The van der Waals surface area contributed by atoms with E-state index in [1.807, 2.05) is 0 Å². The van der Waals surface area contributed by atoms with E-state index in [0.29, 0.717) is 5.75 Å². The number of hydrogen-bond donors (Lipinski definition) is 2. The van der Waals surface area contributed by atoms with Crippen LogP contribution in [0.4, 0.5) is 22.7 Å². The monoisotopic (exact) mass is 575 g/mol. The van der Waals surface area contributed by atoms with Gasteiger partial charge in [0.15, 0.2) is 0 Å². The van der Waals surface area contributed by atoms with E-state index >= 15 is 0 Å². The molecule has 0 bridgehead atoms. The van der Waals surface area contributed by atoms with Crippen LogP contribution in [0, 0.1) is 20.8 Å². The third kappa shape index (κ3) is 6.39. The topological polar surface area (TPSA) is 38.7 Å². The molecule has 1 saturated heterocycles. The van der Waals surface area contributed by atoms with Gasteiger partial charge in [-0.2, -0.15) is 0 Å². The number of anilines is 4. The number of rotatable bonds is 6. The zero-order valence-corrected chi connectivity index (χ0v) is 27.5. The highest BCUT2D eigenvalue weighted by Gasteiger charge is 2.37. The number of para-hydroxylation sites is 2. The summed E-state index contributed by atoms with van der Waals surface area (Å²) in [6.07, 6.45) is 0.862. The summed E-state index contributed by atoms with van der Waals surface area (Å²) in [4.78, 5) is 4.96. The molecule has 0 amide bonds. The average molecular weight is 576 g/mol. The van der Waals surface area contributed by atoms with Crippen molar-refractivity contribution >= 4 is 22.7 Å². The van der Waals surface area contributed by atoms with Gasteiger partial charge >= 0.3 is 0 Å². The molecule has 4 aromatic rings. The van der Waals surface area contributed by atoms with Gasteiger partial charge in [-0.05, 0) is 72.1 Å². The molecule has 5 rings (SSSR count). The molecule has 1 atom stereocenters. The maximum absolute atomic E-state index is 11.9. The molecular formula is C39H49N3O. The summed E-state index contributed by atoms with van der Waals surface area (Å²) < 4.78 is 0. The van der Waals surface area contributed by atoms with Gasteiger partial charge in [0.05, 0.1) is 17.1 Å². The fraction of sp³-hybridized carbons (Fsp3) is 0.385. The fourth-order valence-corrected chi connectivity index (χ4v) is 6.47. The minimum atomic E-state index is -0.186. The molecule has 226 valence electrons. The van der Waals surface area contributed by atoms with Gasteiger partial charge in [-0.25, -0.2) is 0 Å². The van der Waals surface area contributed by atoms with Crippen molar-refractivity contribution in [2.75, 3.05) is 28.2 Å². The summed E-state index contributed by atoms with van der Waals surface area (Å²) in [6.45, 7) is 21.5. The van der Waals surface area contributed by atoms with Gasteiger partial charge in [0.1, 0.15) is 11.9 Å². The van der Waals surface area contributed by atoms with Crippen LogP contribution in [0.3, 0.4) is 0 Å². The molecule has 1 unspecified atom stereocenters. The lowest BCUT2D eigenvalue weighted by molar-refractivity contribution is 0.442. The quantitative estimate of drug-likeness (QED) is 0.240. The van der Waals surface area contributed by atoms with Gasteiger partial charge in [-0.1, -0.05) is 108 Å². The lowest BCUT2D eigenvalue weighted by Gasteiger charge is -2.36. The molecule has 1 aliphatic rings. The molecule has 1 heterocycles. The zero-order chi connectivity index (χ0) is 31.1. The molecule has 4 nitrogen and oxygen atoms in total. The second kappa shape index (κ2) is 11.6. The van der Waals surface area contributed by atoms with E-state index in [1.165, 1.54) is 39.2 Å². The van der Waals surface area contributed by atoms with Crippen LogP contribution in [0.15, 0.2) is 78.9 Å². The van der Waals surface area contributed by atoms with E-state index in [0.717, 1.165) is 36.4 Å². The first kappa shape index (κ1) is 30.5. The van der Waals surface area contributed by atoms with Gasteiger partial charge in [0, 0.05) is 30.8 Å². The Balaban J connectivity index is 1.62. The van der Waals surface area contributed by atoms with Crippen molar-refractivity contribution in [1.82, 2.24) is 0 Å². The number of hydrogen-bond acceptors (Lipinski definition) is 4. The van der Waals surface area contributed by atoms with Crippen LogP contribution < -0.4 is 15.1 Å². The fourth-order valence-electron chi connectivity index (χ4n) is 6.47. The van der Waals surface area contributed by atoms with Crippen molar-refractivity contribution < 1.29 is 5.11 Å². The lowest BCUT2D eigenvalue weighted by atomic mass is 9.79. The minimum absolute atomic E-state index is 0.0273. The largest absolute Gasteiger partial charge is 0.505 e. The predicted molar refractivity (Wildman–Crippen MR) is 185 cm³/mol. The van der Waals surface area contributed by atoms with Crippen LogP contribution >= 0.6 is 0 Å². The van der Waals surface area contributed by atoms with E-state index in [2.05, 4.69) is 156 Å². The highest BCUT2D eigenvalue weighted by molar-refractivity contribution is 5.79. The number of benzene rings is 4. The van der Waals surface area contributed by atoms with Gasteiger partial charge in [0.2, 0.25) is 0 Å². The zero-order valence-electron chi connectivity index (χ0n) is 27.5. The van der Waals surface area contributed by atoms with E-state index < -0.39 is 0 Å². The second-order valence-electron chi connectivity index (χ2n) is 14.4. The molecule has 43 heavy (non-hydrogen) atoms. The Morgan fingerprint density at radius 2 is 1.30 bits per heavy atom. The molecule has 0 saturated carbocycles. The summed E-state index contributed by atoms with van der Waals surface area (Å²) in [7, 11) is 0. The Hall–Kier alpha value is -3.92. The third-order valence-electron chi connectivity index (χ3n) is 8.79. The van der Waals surface area contributed by atoms with Gasteiger partial charge in [-0.15, -0.1) is 0 Å². The Morgan fingerprint density at radius 3 is 1.91 bits per heavy atom. The molecule has 1 aliphatic heterocycles. The minimum Gasteiger partial charge on any atom is -0.505 e. The first-order valence-electron chi connectivity index (χ1n) is 15.6. The maximum atomic E-state index is 11.9. The Bertz CT molecular complexity index is 1570. The number of nitrogens with zero attached hydrogens (tertiary/aromatic N) is 2. The van der Waals surface area contributed by atoms with Crippen molar-refractivity contribution in [3.8, 4) is 5.75 Å². The van der Waals surface area contributed by atoms with Crippen LogP contribution in [-0.4, -0.2) is 24.4 Å². The molecule has 4 heteroatoms. The molecule has 0 spiro atoms. The van der Waals surface area contributed by atoms with Crippen LogP contribution in [-0.2, 0) is 17.3 Å². The molecule has 4 aromatic carbocycles. The smallest absolute Gasteiger partial charge is 0.142 e. The third-order valence-corrected chi connectivity index (χ3v) is 8.79. The highest BCUT2D eigenvalue weighted by Crippen LogP contribution is 2.45. The Labute approximate surface area is 259 Å². The first-order valence-corrected chi connectivity index (χ1v) is 15.6. The Kier molecular flexibility index (Phi) is 8.26. The van der Waals surface area contributed by atoms with E-state index in [1.54, 1.807) is 0 Å². The van der Waals surface area contributed by atoms with Crippen molar-refractivity contribution in [3.63, 3.8) is 0 Å². The number of phenols is 1. The number of nitrogens with one attached hydrogen (secondary N) is 1. The molecule has 0 radical (unpaired) electrons. The van der Waals surface area contributed by atoms with Crippen LogP contribution in [0.25, 0.3) is 0 Å². The highest BCUT2D eigenvalue weighted by atomic mass is 16.3. The number of aromatic hydroxyl groups is 1. The lowest BCUT2D eigenvalue weighted by Crippen LogP contribution is -2.41. The van der Waals surface area contributed by atoms with Crippen molar-refractivity contribution in [2.45, 2.75) is 85.7 Å². The van der Waals surface area contributed by atoms with Crippen LogP contribution in [0.2, 0.25) is 0 Å². The van der Waals surface area contributed by atoms with E-state index in [4.69, 9.17) is 0 Å².